The van der Waals surface area contributed by atoms with Crippen LogP contribution in [0.25, 0.3) is 0 Å². The van der Waals surface area contributed by atoms with Gasteiger partial charge in [0.1, 0.15) is 6.04 Å². The van der Waals surface area contributed by atoms with Crippen molar-refractivity contribution in [2.24, 2.45) is 5.10 Å². The van der Waals surface area contributed by atoms with Crippen molar-refractivity contribution in [3.63, 3.8) is 0 Å². The van der Waals surface area contributed by atoms with Gasteiger partial charge in [-0.25, -0.2) is 22.3 Å². The first-order valence-corrected chi connectivity index (χ1v) is 16.9. The number of carbonyl (C=O) groups is 2. The minimum Gasteiger partial charge on any atom is -0.322 e. The number of hydrogen-bond donors (Lipinski definition) is 2. The van der Waals surface area contributed by atoms with Crippen LogP contribution in [0.15, 0.2) is 130 Å². The Labute approximate surface area is 262 Å². The standard InChI is InChI=1S/C32H31N5O6S2/c1-24(26-14-11-15-27(22-26)33-31(38)25-12-5-2-6-13-25)34-35-32(39)30-23-36(44(40,41)28-16-7-3-8-17-28)20-21-37(30)45(42,43)29-18-9-4-10-19-29/h2-19,22,30H,20-21,23H2,1H3,(H,33,38)(H,35,39)/b34-24-/t30-/m0/s1. The molecule has 0 aliphatic carbocycles. The van der Waals surface area contributed by atoms with Crippen LogP contribution in [0.2, 0.25) is 0 Å². The summed E-state index contributed by atoms with van der Waals surface area (Å²) in [5, 5.41) is 7.02. The van der Waals surface area contributed by atoms with Gasteiger partial charge in [0.25, 0.3) is 11.8 Å². The molecule has 0 bridgehead atoms. The van der Waals surface area contributed by atoms with E-state index in [1.54, 1.807) is 91.9 Å². The van der Waals surface area contributed by atoms with E-state index in [1.165, 1.54) is 24.3 Å². The molecule has 0 radical (unpaired) electrons. The van der Waals surface area contributed by atoms with Crippen LogP contribution >= 0.6 is 0 Å². The molecule has 1 aliphatic heterocycles. The fraction of sp³-hybridized carbons (Fsp3) is 0.156. The summed E-state index contributed by atoms with van der Waals surface area (Å²) in [6.07, 6.45) is 0. The van der Waals surface area contributed by atoms with E-state index in [-0.39, 0.29) is 28.8 Å². The first kappa shape index (κ1) is 31.7. The van der Waals surface area contributed by atoms with Crippen LogP contribution in [-0.4, -0.2) is 68.6 Å². The lowest BCUT2D eigenvalue weighted by Crippen LogP contribution is -2.60. The van der Waals surface area contributed by atoms with Gasteiger partial charge in [-0.2, -0.15) is 13.7 Å². The molecule has 0 unspecified atom stereocenters. The molecule has 11 nitrogen and oxygen atoms in total. The Morgan fingerprint density at radius 2 is 1.27 bits per heavy atom. The summed E-state index contributed by atoms with van der Waals surface area (Å²) in [5.41, 5.74) is 4.40. The third-order valence-corrected chi connectivity index (χ3v) is 11.0. The number of carbonyl (C=O) groups excluding carboxylic acids is 2. The van der Waals surface area contributed by atoms with Gasteiger partial charge in [0.2, 0.25) is 20.0 Å². The fourth-order valence-corrected chi connectivity index (χ4v) is 7.87. The topological polar surface area (TPSA) is 145 Å². The molecular weight excluding hydrogens is 615 g/mol. The van der Waals surface area contributed by atoms with Gasteiger partial charge in [0.15, 0.2) is 0 Å². The molecule has 232 valence electrons. The van der Waals surface area contributed by atoms with E-state index < -0.39 is 38.5 Å². The van der Waals surface area contributed by atoms with Gasteiger partial charge < -0.3 is 5.32 Å². The summed E-state index contributed by atoms with van der Waals surface area (Å²) in [6.45, 7) is 0.846. The lowest BCUT2D eigenvalue weighted by Gasteiger charge is -2.38. The molecule has 2 N–H and O–H groups in total. The van der Waals surface area contributed by atoms with Crippen LogP contribution in [0.3, 0.4) is 0 Å². The van der Waals surface area contributed by atoms with Crippen LogP contribution in [0, 0.1) is 0 Å². The Balaban J connectivity index is 1.38. The molecule has 1 atom stereocenters. The molecule has 4 aromatic rings. The highest BCUT2D eigenvalue weighted by molar-refractivity contribution is 7.89. The second-order valence-electron chi connectivity index (χ2n) is 10.2. The van der Waals surface area contributed by atoms with Crippen LogP contribution < -0.4 is 10.7 Å². The third kappa shape index (κ3) is 7.18. The molecule has 1 fully saturated rings. The van der Waals surface area contributed by atoms with Crippen LogP contribution in [0.1, 0.15) is 22.8 Å². The van der Waals surface area contributed by atoms with Crippen LogP contribution in [0.4, 0.5) is 5.69 Å². The van der Waals surface area contributed by atoms with Gasteiger partial charge in [-0.05, 0) is 61.0 Å². The Morgan fingerprint density at radius 1 is 0.711 bits per heavy atom. The number of amides is 2. The Morgan fingerprint density at radius 3 is 1.89 bits per heavy atom. The average molecular weight is 646 g/mol. The maximum atomic E-state index is 13.6. The molecule has 0 spiro atoms. The number of anilines is 1. The lowest BCUT2D eigenvalue weighted by atomic mass is 10.1. The predicted molar refractivity (Wildman–Crippen MR) is 171 cm³/mol. The monoisotopic (exact) mass is 645 g/mol. The second-order valence-corrected chi connectivity index (χ2v) is 14.0. The van der Waals surface area contributed by atoms with Gasteiger partial charge in [-0.1, -0.05) is 66.7 Å². The highest BCUT2D eigenvalue weighted by Gasteiger charge is 2.43. The zero-order valence-electron chi connectivity index (χ0n) is 24.3. The molecule has 1 aliphatic rings. The van der Waals surface area contributed by atoms with Crippen molar-refractivity contribution < 1.29 is 26.4 Å². The van der Waals surface area contributed by atoms with Gasteiger partial charge in [0, 0.05) is 30.9 Å². The number of sulfonamides is 2. The molecule has 1 saturated heterocycles. The maximum absolute atomic E-state index is 13.6. The van der Waals surface area contributed by atoms with Crippen LogP contribution in [-0.2, 0) is 24.8 Å². The van der Waals surface area contributed by atoms with E-state index in [4.69, 9.17) is 0 Å². The molecule has 0 aromatic heterocycles. The molecular formula is C32H31N5O6S2. The predicted octanol–water partition coefficient (Wildman–Crippen LogP) is 3.54. The number of piperazine rings is 1. The van der Waals surface area contributed by atoms with E-state index in [1.807, 2.05) is 6.07 Å². The van der Waals surface area contributed by atoms with Gasteiger partial charge >= 0.3 is 0 Å². The van der Waals surface area contributed by atoms with E-state index >= 15 is 0 Å². The number of nitrogens with zero attached hydrogens (tertiary/aromatic N) is 3. The molecule has 4 aromatic carbocycles. The third-order valence-electron chi connectivity index (χ3n) is 7.24. The summed E-state index contributed by atoms with van der Waals surface area (Å²) in [4.78, 5) is 26.2. The van der Waals surface area contributed by atoms with E-state index in [2.05, 4.69) is 15.8 Å². The number of hydrazone groups is 1. The van der Waals surface area contributed by atoms with E-state index in [0.29, 0.717) is 22.5 Å². The Hall–Kier alpha value is -4.69. The zero-order valence-corrected chi connectivity index (χ0v) is 25.9. The Kier molecular flexibility index (Phi) is 9.54. The SMILES string of the molecule is C/C(=N/NC(=O)[C@@H]1CN(S(=O)(=O)c2ccccc2)CCN1S(=O)(=O)c1ccccc1)c1cccc(NC(=O)c2ccccc2)c1. The lowest BCUT2D eigenvalue weighted by molar-refractivity contribution is -0.125. The smallest absolute Gasteiger partial charge is 0.259 e. The summed E-state index contributed by atoms with van der Waals surface area (Å²) < 4.78 is 56.2. The van der Waals surface area contributed by atoms with Crippen LogP contribution in [0.5, 0.6) is 0 Å². The van der Waals surface area contributed by atoms with Gasteiger partial charge in [-0.3, -0.25) is 9.59 Å². The molecule has 5 rings (SSSR count). The average Bonchev–Trinajstić information content (AvgIpc) is 3.08. The number of nitrogens with one attached hydrogen (secondary N) is 2. The van der Waals surface area contributed by atoms with Crippen molar-refractivity contribution in [1.82, 2.24) is 14.0 Å². The minimum absolute atomic E-state index is 0.0174. The molecule has 13 heteroatoms. The van der Waals surface area contributed by atoms with Crippen molar-refractivity contribution >= 4 is 43.3 Å². The largest absolute Gasteiger partial charge is 0.322 e. The highest BCUT2D eigenvalue weighted by Crippen LogP contribution is 2.25. The van der Waals surface area contributed by atoms with E-state index in [9.17, 15) is 26.4 Å². The second kappa shape index (κ2) is 13.5. The van der Waals surface area contributed by atoms with Crippen molar-refractivity contribution in [2.45, 2.75) is 22.8 Å². The van der Waals surface area contributed by atoms with Crippen molar-refractivity contribution in [2.75, 3.05) is 25.0 Å². The fourth-order valence-electron chi connectivity index (χ4n) is 4.82. The number of benzene rings is 4. The number of rotatable bonds is 9. The molecule has 2 amide bonds. The number of hydrogen-bond acceptors (Lipinski definition) is 7. The minimum atomic E-state index is -4.16. The Bertz CT molecular complexity index is 1920. The summed E-state index contributed by atoms with van der Waals surface area (Å²) in [7, 11) is -8.17. The van der Waals surface area contributed by atoms with Gasteiger partial charge in [-0.15, -0.1) is 0 Å². The van der Waals surface area contributed by atoms with Crippen molar-refractivity contribution in [3.05, 3.63) is 126 Å². The first-order chi connectivity index (χ1) is 21.6. The van der Waals surface area contributed by atoms with Gasteiger partial charge in [0.05, 0.1) is 15.5 Å². The van der Waals surface area contributed by atoms with Crippen molar-refractivity contribution in [1.29, 1.82) is 0 Å². The highest BCUT2D eigenvalue weighted by atomic mass is 32.2. The summed E-state index contributed by atoms with van der Waals surface area (Å²) in [5.74, 6) is -1.09. The summed E-state index contributed by atoms with van der Waals surface area (Å²) in [6, 6.07) is 29.6. The molecule has 0 saturated carbocycles. The quantitative estimate of drug-likeness (QED) is 0.210. The summed E-state index contributed by atoms with van der Waals surface area (Å²) >= 11 is 0. The zero-order chi connectivity index (χ0) is 32.0. The van der Waals surface area contributed by atoms with Crippen molar-refractivity contribution in [3.8, 4) is 0 Å². The maximum Gasteiger partial charge on any atom is 0.259 e. The van der Waals surface area contributed by atoms with E-state index in [0.717, 1.165) is 8.61 Å². The molecule has 45 heavy (non-hydrogen) atoms. The normalized spacial score (nSPS) is 16.6. The first-order valence-electron chi connectivity index (χ1n) is 14.0. The molecule has 1 heterocycles.